The van der Waals surface area contributed by atoms with Gasteiger partial charge in [0.25, 0.3) is 5.91 Å². The molecule has 1 aliphatic rings. The SMILES string of the molecule is COc1cccc(O[C@H]2CCN(C(=O)c3cncs3)CC[C@@H]2O)c1. The normalized spacial score (nSPS) is 21.2. The predicted molar refractivity (Wildman–Crippen MR) is 90.7 cm³/mol. The maximum Gasteiger partial charge on any atom is 0.265 e. The minimum absolute atomic E-state index is 0.0354. The van der Waals surface area contributed by atoms with Crippen molar-refractivity contribution >= 4 is 17.2 Å². The zero-order valence-electron chi connectivity index (χ0n) is 13.4. The molecule has 1 fully saturated rings. The van der Waals surface area contributed by atoms with Crippen LogP contribution in [0.1, 0.15) is 22.5 Å². The van der Waals surface area contributed by atoms with Gasteiger partial charge in [0.05, 0.1) is 24.9 Å². The number of carbonyl (C=O) groups excluding carboxylic acids is 1. The van der Waals surface area contributed by atoms with Crippen molar-refractivity contribution in [1.29, 1.82) is 0 Å². The van der Waals surface area contributed by atoms with E-state index in [0.717, 1.165) is 0 Å². The number of nitrogens with zero attached hydrogens (tertiary/aromatic N) is 2. The van der Waals surface area contributed by atoms with Gasteiger partial charge in [-0.1, -0.05) is 6.07 Å². The summed E-state index contributed by atoms with van der Waals surface area (Å²) < 4.78 is 11.1. The lowest BCUT2D eigenvalue weighted by molar-refractivity contribution is 0.0349. The van der Waals surface area contributed by atoms with Gasteiger partial charge in [-0.3, -0.25) is 9.78 Å². The smallest absolute Gasteiger partial charge is 0.265 e. The lowest BCUT2D eigenvalue weighted by Gasteiger charge is -2.22. The Kier molecular flexibility index (Phi) is 5.32. The summed E-state index contributed by atoms with van der Waals surface area (Å²) in [6.07, 6.45) is 1.67. The first-order valence-electron chi connectivity index (χ1n) is 7.84. The minimum atomic E-state index is -0.615. The molecule has 0 bridgehead atoms. The quantitative estimate of drug-likeness (QED) is 0.917. The number of hydrogen-bond donors (Lipinski definition) is 1. The molecule has 1 N–H and O–H groups in total. The largest absolute Gasteiger partial charge is 0.497 e. The van der Waals surface area contributed by atoms with Crippen LogP contribution in [0.5, 0.6) is 11.5 Å². The molecular weight excluding hydrogens is 328 g/mol. The van der Waals surface area contributed by atoms with Gasteiger partial charge in [0.15, 0.2) is 0 Å². The van der Waals surface area contributed by atoms with Crippen LogP contribution in [0.25, 0.3) is 0 Å². The molecule has 2 aromatic rings. The number of ether oxygens (including phenoxy) is 2. The summed E-state index contributed by atoms with van der Waals surface area (Å²) in [4.78, 5) is 18.8. The first-order chi connectivity index (χ1) is 11.7. The first-order valence-corrected chi connectivity index (χ1v) is 8.72. The number of benzene rings is 1. The topological polar surface area (TPSA) is 71.9 Å². The maximum atomic E-state index is 12.4. The average molecular weight is 348 g/mol. The molecule has 0 spiro atoms. The second kappa shape index (κ2) is 7.63. The van der Waals surface area contributed by atoms with Crippen LogP contribution in [-0.2, 0) is 0 Å². The third-order valence-corrected chi connectivity index (χ3v) is 4.83. The van der Waals surface area contributed by atoms with E-state index < -0.39 is 6.10 Å². The molecule has 0 saturated carbocycles. The first kappa shape index (κ1) is 16.7. The number of methoxy groups -OCH3 is 1. The van der Waals surface area contributed by atoms with E-state index in [9.17, 15) is 9.90 Å². The van der Waals surface area contributed by atoms with Crippen molar-refractivity contribution in [3.8, 4) is 11.5 Å². The Morgan fingerprint density at radius 2 is 2.12 bits per heavy atom. The molecule has 2 heterocycles. The summed E-state index contributed by atoms with van der Waals surface area (Å²) >= 11 is 1.33. The Balaban J connectivity index is 1.65. The number of aliphatic hydroxyl groups is 1. The number of amides is 1. The summed E-state index contributed by atoms with van der Waals surface area (Å²) in [5.74, 6) is 1.32. The van der Waals surface area contributed by atoms with E-state index >= 15 is 0 Å². The van der Waals surface area contributed by atoms with E-state index in [1.54, 1.807) is 29.8 Å². The van der Waals surface area contributed by atoms with Crippen LogP contribution in [0, 0.1) is 0 Å². The number of hydrogen-bond acceptors (Lipinski definition) is 6. The van der Waals surface area contributed by atoms with Gasteiger partial charge < -0.3 is 19.5 Å². The van der Waals surface area contributed by atoms with Crippen LogP contribution in [-0.4, -0.2) is 53.3 Å². The number of rotatable bonds is 4. The van der Waals surface area contributed by atoms with Gasteiger partial charge in [-0.2, -0.15) is 0 Å². The zero-order valence-corrected chi connectivity index (χ0v) is 14.2. The summed E-state index contributed by atoms with van der Waals surface area (Å²) in [6.45, 7) is 1.05. The third kappa shape index (κ3) is 3.85. The van der Waals surface area contributed by atoms with Gasteiger partial charge in [-0.15, -0.1) is 11.3 Å². The van der Waals surface area contributed by atoms with Gasteiger partial charge in [-0.25, -0.2) is 0 Å². The highest BCUT2D eigenvalue weighted by atomic mass is 32.1. The molecule has 7 heteroatoms. The Morgan fingerprint density at radius 1 is 1.33 bits per heavy atom. The molecule has 24 heavy (non-hydrogen) atoms. The molecule has 1 aromatic heterocycles. The van der Waals surface area contributed by atoms with Crippen molar-refractivity contribution < 1.29 is 19.4 Å². The highest BCUT2D eigenvalue weighted by Gasteiger charge is 2.29. The fraction of sp³-hybridized carbons (Fsp3) is 0.412. The Hall–Kier alpha value is -2.12. The van der Waals surface area contributed by atoms with Crippen molar-refractivity contribution in [2.45, 2.75) is 25.0 Å². The summed E-state index contributed by atoms with van der Waals surface area (Å²) in [5, 5.41) is 10.4. The molecule has 0 radical (unpaired) electrons. The van der Waals surface area contributed by atoms with Crippen LogP contribution in [0.2, 0.25) is 0 Å². The van der Waals surface area contributed by atoms with Crippen LogP contribution < -0.4 is 9.47 Å². The standard InChI is InChI=1S/C17H20N2O4S/c1-22-12-3-2-4-13(9-12)23-15-6-8-19(7-5-14(15)20)17(21)16-10-18-11-24-16/h2-4,9-11,14-15,20H,5-8H2,1H3/t14-,15-/m0/s1. The van der Waals surface area contributed by atoms with Gasteiger partial charge >= 0.3 is 0 Å². The lowest BCUT2D eigenvalue weighted by Crippen LogP contribution is -2.32. The average Bonchev–Trinajstić information content (AvgIpc) is 3.08. The van der Waals surface area contributed by atoms with E-state index in [0.29, 0.717) is 42.3 Å². The Labute approximate surface area is 144 Å². The second-order valence-corrected chi connectivity index (χ2v) is 6.52. The van der Waals surface area contributed by atoms with Crippen molar-refractivity contribution in [3.05, 3.63) is 40.8 Å². The van der Waals surface area contributed by atoms with Crippen LogP contribution in [0.15, 0.2) is 36.0 Å². The van der Waals surface area contributed by atoms with Crippen molar-refractivity contribution in [2.24, 2.45) is 0 Å². The van der Waals surface area contributed by atoms with E-state index in [-0.39, 0.29) is 12.0 Å². The number of likely N-dealkylation sites (tertiary alicyclic amines) is 1. The van der Waals surface area contributed by atoms with Gasteiger partial charge in [0.1, 0.15) is 22.5 Å². The third-order valence-electron chi connectivity index (χ3n) is 4.07. The molecule has 0 unspecified atom stereocenters. The summed E-state index contributed by atoms with van der Waals surface area (Å²) in [6, 6.07) is 7.31. The number of thiazole rings is 1. The van der Waals surface area contributed by atoms with Crippen LogP contribution >= 0.6 is 11.3 Å². The molecule has 0 aliphatic carbocycles. The fourth-order valence-corrected chi connectivity index (χ4v) is 3.32. The van der Waals surface area contributed by atoms with Crippen molar-refractivity contribution in [3.63, 3.8) is 0 Å². The van der Waals surface area contributed by atoms with Crippen LogP contribution in [0.3, 0.4) is 0 Å². The fourth-order valence-electron chi connectivity index (χ4n) is 2.73. The molecule has 1 saturated heterocycles. The molecule has 128 valence electrons. The summed E-state index contributed by atoms with van der Waals surface area (Å²) in [5.41, 5.74) is 1.65. The monoisotopic (exact) mass is 348 g/mol. The summed E-state index contributed by atoms with van der Waals surface area (Å²) in [7, 11) is 1.60. The highest BCUT2D eigenvalue weighted by Crippen LogP contribution is 2.24. The molecule has 6 nitrogen and oxygen atoms in total. The van der Waals surface area contributed by atoms with Gasteiger partial charge in [-0.05, 0) is 18.6 Å². The van der Waals surface area contributed by atoms with Gasteiger partial charge in [0, 0.05) is 25.6 Å². The molecule has 1 aromatic carbocycles. The predicted octanol–water partition coefficient (Wildman–Crippen LogP) is 2.20. The zero-order chi connectivity index (χ0) is 16.9. The van der Waals surface area contributed by atoms with E-state index in [2.05, 4.69) is 4.98 Å². The second-order valence-electron chi connectivity index (χ2n) is 5.64. The molecular formula is C17H20N2O4S. The molecule has 2 atom stereocenters. The van der Waals surface area contributed by atoms with E-state index in [4.69, 9.17) is 9.47 Å². The Bertz CT molecular complexity index is 677. The lowest BCUT2D eigenvalue weighted by atomic mass is 10.1. The van der Waals surface area contributed by atoms with Crippen molar-refractivity contribution in [1.82, 2.24) is 9.88 Å². The van der Waals surface area contributed by atoms with Crippen molar-refractivity contribution in [2.75, 3.05) is 20.2 Å². The maximum absolute atomic E-state index is 12.4. The van der Waals surface area contributed by atoms with Crippen LogP contribution in [0.4, 0.5) is 0 Å². The van der Waals surface area contributed by atoms with E-state index in [1.807, 2.05) is 18.2 Å². The molecule has 3 rings (SSSR count). The number of carbonyl (C=O) groups is 1. The number of aromatic nitrogens is 1. The van der Waals surface area contributed by atoms with Gasteiger partial charge in [0.2, 0.25) is 0 Å². The molecule has 1 amide bonds. The molecule has 1 aliphatic heterocycles. The Morgan fingerprint density at radius 3 is 2.88 bits per heavy atom. The minimum Gasteiger partial charge on any atom is -0.497 e. The highest BCUT2D eigenvalue weighted by molar-refractivity contribution is 7.11. The number of aliphatic hydroxyl groups excluding tert-OH is 1. The van der Waals surface area contributed by atoms with E-state index in [1.165, 1.54) is 11.3 Å².